The fourth-order valence-electron chi connectivity index (χ4n) is 1.71. The molecule has 0 aromatic carbocycles. The first-order valence-corrected chi connectivity index (χ1v) is 4.94. The van der Waals surface area contributed by atoms with Crippen molar-refractivity contribution in [3.05, 3.63) is 32.9 Å². The highest BCUT2D eigenvalue weighted by Crippen LogP contribution is 2.27. The second-order valence-electron chi connectivity index (χ2n) is 3.86. The normalized spacial score (nSPS) is 32.9. The van der Waals surface area contributed by atoms with Crippen molar-refractivity contribution in [2.24, 2.45) is 0 Å². The van der Waals surface area contributed by atoms with Gasteiger partial charge >= 0.3 is 5.69 Å². The smallest absolute Gasteiger partial charge is 0.330 e. The summed E-state index contributed by atoms with van der Waals surface area (Å²) in [5.41, 5.74) is -2.06. The Bertz CT molecular complexity index is 539. The fourth-order valence-corrected chi connectivity index (χ4v) is 1.71. The van der Waals surface area contributed by atoms with E-state index < -0.39 is 41.6 Å². The highest BCUT2D eigenvalue weighted by Gasteiger charge is 2.41. The van der Waals surface area contributed by atoms with Crippen LogP contribution in [-0.2, 0) is 4.74 Å². The van der Waals surface area contributed by atoms with E-state index in [1.807, 2.05) is 0 Å². The van der Waals surface area contributed by atoms with Crippen molar-refractivity contribution in [1.82, 2.24) is 9.55 Å². The van der Waals surface area contributed by atoms with Gasteiger partial charge in [0.2, 0.25) is 5.82 Å². The number of rotatable bonds is 1. The molecule has 1 aromatic heterocycles. The molecule has 94 valence electrons. The van der Waals surface area contributed by atoms with E-state index in [1.54, 1.807) is 4.98 Å². The zero-order valence-corrected chi connectivity index (χ0v) is 8.83. The zero-order chi connectivity index (χ0) is 12.7. The molecule has 1 aliphatic heterocycles. The van der Waals surface area contributed by atoms with Gasteiger partial charge in [0, 0.05) is 0 Å². The SMILES string of the molecule is C[C@@H]1O[C@H](n2cc(F)c(=O)[nH]c2=O)[C@@H](O)[C@H]1O. The zero-order valence-electron chi connectivity index (χ0n) is 8.83. The van der Waals surface area contributed by atoms with Crippen molar-refractivity contribution >= 4 is 0 Å². The maximum absolute atomic E-state index is 13.0. The predicted octanol–water partition coefficient (Wildman–Crippen LogP) is -1.69. The minimum absolute atomic E-state index is 0.639. The maximum atomic E-state index is 13.0. The number of nitrogens with zero attached hydrogens (tertiary/aromatic N) is 1. The Morgan fingerprint density at radius 1 is 1.41 bits per heavy atom. The lowest BCUT2D eigenvalue weighted by atomic mass is 10.1. The van der Waals surface area contributed by atoms with Gasteiger partial charge in [-0.2, -0.15) is 4.39 Å². The minimum Gasteiger partial charge on any atom is -0.388 e. The second kappa shape index (κ2) is 4.06. The van der Waals surface area contributed by atoms with Gasteiger partial charge < -0.3 is 14.9 Å². The third kappa shape index (κ3) is 1.90. The topological polar surface area (TPSA) is 105 Å². The summed E-state index contributed by atoms with van der Waals surface area (Å²) in [4.78, 5) is 24.0. The molecular weight excluding hydrogens is 235 g/mol. The van der Waals surface area contributed by atoms with Gasteiger partial charge in [0.1, 0.15) is 12.2 Å². The first-order valence-electron chi connectivity index (χ1n) is 4.94. The number of hydrogen-bond acceptors (Lipinski definition) is 5. The van der Waals surface area contributed by atoms with E-state index in [2.05, 4.69) is 0 Å². The van der Waals surface area contributed by atoms with Crippen LogP contribution >= 0.6 is 0 Å². The lowest BCUT2D eigenvalue weighted by Gasteiger charge is -2.16. The van der Waals surface area contributed by atoms with Gasteiger partial charge in [-0.3, -0.25) is 14.3 Å². The number of H-pyrrole nitrogens is 1. The summed E-state index contributed by atoms with van der Waals surface area (Å²) in [5.74, 6) is -1.17. The van der Waals surface area contributed by atoms with E-state index in [-0.39, 0.29) is 0 Å². The number of aromatic amines is 1. The van der Waals surface area contributed by atoms with E-state index in [9.17, 15) is 24.2 Å². The van der Waals surface area contributed by atoms with E-state index in [4.69, 9.17) is 4.74 Å². The van der Waals surface area contributed by atoms with Crippen LogP contribution in [0, 0.1) is 5.82 Å². The molecule has 0 radical (unpaired) electrons. The Balaban J connectivity index is 2.46. The molecule has 7 nitrogen and oxygen atoms in total. The molecule has 0 aliphatic carbocycles. The van der Waals surface area contributed by atoms with Crippen molar-refractivity contribution in [2.75, 3.05) is 0 Å². The van der Waals surface area contributed by atoms with Gasteiger partial charge in [0.25, 0.3) is 5.56 Å². The molecule has 1 aliphatic rings. The number of nitrogens with one attached hydrogen (secondary N) is 1. The van der Waals surface area contributed by atoms with Gasteiger partial charge in [0.15, 0.2) is 6.23 Å². The summed E-state index contributed by atoms with van der Waals surface area (Å²) in [5, 5.41) is 19.1. The highest BCUT2D eigenvalue weighted by atomic mass is 19.1. The summed E-state index contributed by atoms with van der Waals surface area (Å²) in [6, 6.07) is 0. The van der Waals surface area contributed by atoms with Gasteiger partial charge in [-0.15, -0.1) is 0 Å². The Morgan fingerprint density at radius 2 is 2.06 bits per heavy atom. The van der Waals surface area contributed by atoms with Crippen LogP contribution < -0.4 is 11.2 Å². The molecule has 17 heavy (non-hydrogen) atoms. The molecule has 2 heterocycles. The maximum Gasteiger partial charge on any atom is 0.330 e. The van der Waals surface area contributed by atoms with Crippen LogP contribution in [-0.4, -0.2) is 38.1 Å². The molecule has 1 saturated heterocycles. The lowest BCUT2D eigenvalue weighted by Crippen LogP contribution is -2.38. The van der Waals surface area contributed by atoms with Crippen molar-refractivity contribution < 1.29 is 19.3 Å². The average Bonchev–Trinajstić information content (AvgIpc) is 2.51. The largest absolute Gasteiger partial charge is 0.388 e. The standard InChI is InChI=1S/C9H11FN2O5/c1-3-5(13)6(14)8(17-3)12-2-4(10)7(15)11-9(12)16/h2-3,5-6,8,13-14H,1H3,(H,11,15,16)/t3-,5-,6-,8-/m0/s1. The second-order valence-corrected chi connectivity index (χ2v) is 3.86. The molecule has 0 bridgehead atoms. The summed E-state index contributed by atoms with van der Waals surface area (Å²) in [6.45, 7) is 1.50. The van der Waals surface area contributed by atoms with Gasteiger partial charge in [-0.05, 0) is 6.92 Å². The van der Waals surface area contributed by atoms with E-state index in [0.29, 0.717) is 10.8 Å². The van der Waals surface area contributed by atoms with E-state index in [1.165, 1.54) is 6.92 Å². The molecule has 2 rings (SSSR count). The number of ether oxygens (including phenoxy) is 1. The van der Waals surface area contributed by atoms with Crippen molar-refractivity contribution in [1.29, 1.82) is 0 Å². The number of aliphatic hydroxyl groups excluding tert-OH is 2. The first kappa shape index (κ1) is 12.0. The summed E-state index contributed by atoms with van der Waals surface area (Å²) >= 11 is 0. The molecule has 1 aromatic rings. The molecule has 1 fully saturated rings. The average molecular weight is 246 g/mol. The number of hydrogen-bond donors (Lipinski definition) is 3. The molecule has 3 N–H and O–H groups in total. The molecule has 8 heteroatoms. The van der Waals surface area contributed by atoms with E-state index in [0.717, 1.165) is 0 Å². The lowest BCUT2D eigenvalue weighted by molar-refractivity contribution is -0.0356. The Kier molecular flexibility index (Phi) is 2.86. The fraction of sp³-hybridized carbons (Fsp3) is 0.556. The number of halogens is 1. The Labute approximate surface area is 94.1 Å². The van der Waals surface area contributed by atoms with Crippen molar-refractivity contribution in [3.8, 4) is 0 Å². The number of aromatic nitrogens is 2. The van der Waals surface area contributed by atoms with Crippen LogP contribution in [0.1, 0.15) is 13.2 Å². The molecular formula is C9H11FN2O5. The van der Waals surface area contributed by atoms with Crippen molar-refractivity contribution in [3.63, 3.8) is 0 Å². The molecule has 0 saturated carbocycles. The monoisotopic (exact) mass is 246 g/mol. The van der Waals surface area contributed by atoms with Crippen LogP contribution in [0.5, 0.6) is 0 Å². The summed E-state index contributed by atoms with van der Waals surface area (Å²) < 4.78 is 18.9. The van der Waals surface area contributed by atoms with E-state index >= 15 is 0 Å². The summed E-state index contributed by atoms with van der Waals surface area (Å²) in [7, 11) is 0. The molecule has 4 atom stereocenters. The van der Waals surface area contributed by atoms with Crippen molar-refractivity contribution in [2.45, 2.75) is 31.5 Å². The van der Waals surface area contributed by atoms with Crippen LogP contribution in [0.15, 0.2) is 15.8 Å². The van der Waals surface area contributed by atoms with Crippen LogP contribution in [0.25, 0.3) is 0 Å². The quantitative estimate of drug-likeness (QED) is 0.548. The minimum atomic E-state index is -1.37. The van der Waals surface area contributed by atoms with Gasteiger partial charge in [-0.1, -0.05) is 0 Å². The van der Waals surface area contributed by atoms with Gasteiger partial charge in [0.05, 0.1) is 12.3 Å². The Morgan fingerprint density at radius 3 is 2.59 bits per heavy atom. The van der Waals surface area contributed by atoms with Crippen LogP contribution in [0.3, 0.4) is 0 Å². The highest BCUT2D eigenvalue weighted by molar-refractivity contribution is 4.93. The predicted molar refractivity (Wildman–Crippen MR) is 52.9 cm³/mol. The first-order chi connectivity index (χ1) is 7.91. The van der Waals surface area contributed by atoms with Crippen LogP contribution in [0.2, 0.25) is 0 Å². The van der Waals surface area contributed by atoms with Gasteiger partial charge in [-0.25, -0.2) is 4.79 Å². The Hall–Kier alpha value is -1.51. The third-order valence-electron chi connectivity index (χ3n) is 2.68. The number of aliphatic hydroxyl groups is 2. The third-order valence-corrected chi connectivity index (χ3v) is 2.68. The van der Waals surface area contributed by atoms with Crippen LogP contribution in [0.4, 0.5) is 4.39 Å². The molecule has 0 amide bonds. The summed E-state index contributed by atoms with van der Waals surface area (Å²) in [6.07, 6.45) is -3.83. The molecule has 0 spiro atoms. The molecule has 0 unspecified atom stereocenters.